The molecule has 1 aromatic carbocycles. The number of anilines is 1. The summed E-state index contributed by atoms with van der Waals surface area (Å²) >= 11 is 0. The summed E-state index contributed by atoms with van der Waals surface area (Å²) in [5.74, 6) is 0.547. The molecule has 0 aliphatic carbocycles. The lowest BCUT2D eigenvalue weighted by atomic mass is 10.1. The fraction of sp³-hybridized carbons (Fsp3) is 0.667. The van der Waals surface area contributed by atoms with Crippen LogP contribution in [0.4, 0.5) is 10.1 Å². The van der Waals surface area contributed by atoms with E-state index in [0.717, 1.165) is 70.2 Å². The Bertz CT molecular complexity index is 598. The van der Waals surface area contributed by atoms with E-state index in [1.165, 1.54) is 0 Å². The quantitative estimate of drug-likeness (QED) is 0.202. The molecule has 0 unspecified atom stereocenters. The zero-order chi connectivity index (χ0) is 20.0. The molecule has 1 aromatic rings. The molecule has 2 rings (SSSR count). The van der Waals surface area contributed by atoms with E-state index in [-0.39, 0.29) is 29.8 Å². The molecule has 0 aromatic heterocycles. The Kier molecular flexibility index (Phi) is 14.0. The van der Waals surface area contributed by atoms with Crippen LogP contribution < -0.4 is 15.5 Å². The molecule has 0 atom stereocenters. The molecule has 29 heavy (non-hydrogen) atoms. The number of nitrogens with zero attached hydrogens (tertiary/aromatic N) is 2. The summed E-state index contributed by atoms with van der Waals surface area (Å²) in [6.45, 7) is 10.5. The fourth-order valence-corrected chi connectivity index (χ4v) is 2.95. The van der Waals surface area contributed by atoms with Crippen molar-refractivity contribution >= 4 is 35.6 Å². The van der Waals surface area contributed by atoms with Gasteiger partial charge in [0.25, 0.3) is 0 Å². The van der Waals surface area contributed by atoms with Gasteiger partial charge in [-0.15, -0.1) is 24.0 Å². The van der Waals surface area contributed by atoms with E-state index < -0.39 is 0 Å². The first-order valence-electron chi connectivity index (χ1n) is 10.5. The number of benzene rings is 1. The van der Waals surface area contributed by atoms with Gasteiger partial charge in [0.05, 0.1) is 25.4 Å². The SMILES string of the molecule is CCCCOCCCNC(=NCc1ccc(N2CCOCC2)c(F)c1)NCC.I. The first-order chi connectivity index (χ1) is 13.7. The van der Waals surface area contributed by atoms with Gasteiger partial charge in [-0.05, 0) is 37.5 Å². The average Bonchev–Trinajstić information content (AvgIpc) is 2.72. The molecule has 1 heterocycles. The van der Waals surface area contributed by atoms with E-state index in [0.29, 0.717) is 25.4 Å². The largest absolute Gasteiger partial charge is 0.381 e. The average molecular weight is 522 g/mol. The zero-order valence-electron chi connectivity index (χ0n) is 17.7. The van der Waals surface area contributed by atoms with Gasteiger partial charge in [-0.25, -0.2) is 9.38 Å². The van der Waals surface area contributed by atoms with Crippen molar-refractivity contribution in [2.45, 2.75) is 39.7 Å². The maximum atomic E-state index is 14.5. The third-order valence-electron chi connectivity index (χ3n) is 4.53. The van der Waals surface area contributed by atoms with Gasteiger partial charge in [0.15, 0.2) is 5.96 Å². The minimum atomic E-state index is -0.197. The molecular formula is C21H36FIN4O2. The van der Waals surface area contributed by atoms with Crippen molar-refractivity contribution in [1.82, 2.24) is 10.6 Å². The van der Waals surface area contributed by atoms with Crippen LogP contribution in [0.2, 0.25) is 0 Å². The Balaban J connectivity index is 0.00000420. The van der Waals surface area contributed by atoms with Crippen molar-refractivity contribution in [3.05, 3.63) is 29.6 Å². The predicted octanol–water partition coefficient (Wildman–Crippen LogP) is 3.54. The summed E-state index contributed by atoms with van der Waals surface area (Å²) in [6.07, 6.45) is 3.19. The predicted molar refractivity (Wildman–Crippen MR) is 128 cm³/mol. The Morgan fingerprint density at radius 1 is 1.17 bits per heavy atom. The molecule has 1 fully saturated rings. The summed E-state index contributed by atoms with van der Waals surface area (Å²) < 4.78 is 25.4. The first kappa shape index (κ1) is 25.9. The minimum Gasteiger partial charge on any atom is -0.381 e. The monoisotopic (exact) mass is 522 g/mol. The van der Waals surface area contributed by atoms with Crippen molar-refractivity contribution in [2.24, 2.45) is 4.99 Å². The van der Waals surface area contributed by atoms with Crippen LogP contribution >= 0.6 is 24.0 Å². The number of halogens is 2. The summed E-state index contributed by atoms with van der Waals surface area (Å²) in [7, 11) is 0. The van der Waals surface area contributed by atoms with Gasteiger partial charge in [-0.1, -0.05) is 19.4 Å². The Hall–Kier alpha value is -1.13. The van der Waals surface area contributed by atoms with Gasteiger partial charge >= 0.3 is 0 Å². The number of guanidine groups is 1. The lowest BCUT2D eigenvalue weighted by Crippen LogP contribution is -2.38. The van der Waals surface area contributed by atoms with Gasteiger partial charge in [0, 0.05) is 39.4 Å². The van der Waals surface area contributed by atoms with Crippen LogP contribution in [0.25, 0.3) is 0 Å². The van der Waals surface area contributed by atoms with Crippen LogP contribution in [-0.2, 0) is 16.0 Å². The van der Waals surface area contributed by atoms with E-state index in [4.69, 9.17) is 9.47 Å². The molecular weight excluding hydrogens is 486 g/mol. The molecule has 8 heteroatoms. The Labute approximate surface area is 191 Å². The van der Waals surface area contributed by atoms with Crippen LogP contribution in [0.1, 0.15) is 38.7 Å². The summed E-state index contributed by atoms with van der Waals surface area (Å²) in [5.41, 5.74) is 1.50. The molecule has 0 radical (unpaired) electrons. The Morgan fingerprint density at radius 3 is 2.62 bits per heavy atom. The molecule has 1 aliphatic rings. The number of nitrogens with one attached hydrogen (secondary N) is 2. The molecule has 1 saturated heterocycles. The number of hydrogen-bond acceptors (Lipinski definition) is 4. The van der Waals surface area contributed by atoms with Gasteiger partial charge in [0.2, 0.25) is 0 Å². The van der Waals surface area contributed by atoms with E-state index in [1.807, 2.05) is 24.0 Å². The molecule has 6 nitrogen and oxygen atoms in total. The van der Waals surface area contributed by atoms with Crippen LogP contribution in [0.15, 0.2) is 23.2 Å². The van der Waals surface area contributed by atoms with E-state index >= 15 is 0 Å². The number of morpholine rings is 1. The van der Waals surface area contributed by atoms with Crippen molar-refractivity contribution in [1.29, 1.82) is 0 Å². The lowest BCUT2D eigenvalue weighted by molar-refractivity contribution is 0.122. The standard InChI is InChI=1S/C21H35FN4O2.HI/c1-3-5-12-27-13-6-9-24-21(23-4-2)25-17-18-7-8-20(19(22)16-18)26-10-14-28-15-11-26;/h7-8,16H,3-6,9-15,17H2,1-2H3,(H2,23,24,25);1H. The minimum absolute atomic E-state index is 0. The topological polar surface area (TPSA) is 58.1 Å². The van der Waals surface area contributed by atoms with Crippen molar-refractivity contribution < 1.29 is 13.9 Å². The maximum absolute atomic E-state index is 14.5. The van der Waals surface area contributed by atoms with Crippen LogP contribution in [0.5, 0.6) is 0 Å². The van der Waals surface area contributed by atoms with Gasteiger partial charge in [-0.3, -0.25) is 0 Å². The molecule has 0 saturated carbocycles. The number of rotatable bonds is 11. The Morgan fingerprint density at radius 2 is 1.93 bits per heavy atom. The number of hydrogen-bond donors (Lipinski definition) is 2. The second-order valence-electron chi connectivity index (χ2n) is 6.83. The number of ether oxygens (including phenoxy) is 2. The molecule has 166 valence electrons. The number of aliphatic imine (C=N–C) groups is 1. The van der Waals surface area contributed by atoms with Crippen LogP contribution in [0, 0.1) is 5.82 Å². The third-order valence-corrected chi connectivity index (χ3v) is 4.53. The molecule has 1 aliphatic heterocycles. The molecule has 0 amide bonds. The fourth-order valence-electron chi connectivity index (χ4n) is 2.95. The highest BCUT2D eigenvalue weighted by Crippen LogP contribution is 2.21. The molecule has 0 spiro atoms. The smallest absolute Gasteiger partial charge is 0.191 e. The van der Waals surface area contributed by atoms with Gasteiger partial charge < -0.3 is 25.0 Å². The second kappa shape index (κ2) is 15.7. The zero-order valence-corrected chi connectivity index (χ0v) is 20.0. The van der Waals surface area contributed by atoms with E-state index in [1.54, 1.807) is 6.07 Å². The molecule has 2 N–H and O–H groups in total. The first-order valence-corrected chi connectivity index (χ1v) is 10.5. The third kappa shape index (κ3) is 9.95. The van der Waals surface area contributed by atoms with Crippen molar-refractivity contribution in [2.75, 3.05) is 57.5 Å². The summed E-state index contributed by atoms with van der Waals surface area (Å²) in [4.78, 5) is 6.60. The highest BCUT2D eigenvalue weighted by atomic mass is 127. The summed E-state index contributed by atoms with van der Waals surface area (Å²) in [5, 5.41) is 6.53. The van der Waals surface area contributed by atoms with Crippen LogP contribution in [-0.4, -0.2) is 58.6 Å². The van der Waals surface area contributed by atoms with E-state index in [9.17, 15) is 4.39 Å². The van der Waals surface area contributed by atoms with Crippen LogP contribution in [0.3, 0.4) is 0 Å². The van der Waals surface area contributed by atoms with Crippen molar-refractivity contribution in [3.8, 4) is 0 Å². The van der Waals surface area contributed by atoms with Crippen molar-refractivity contribution in [3.63, 3.8) is 0 Å². The molecule has 0 bridgehead atoms. The maximum Gasteiger partial charge on any atom is 0.191 e. The van der Waals surface area contributed by atoms with E-state index in [2.05, 4.69) is 22.5 Å². The normalized spacial score (nSPS) is 14.4. The highest BCUT2D eigenvalue weighted by molar-refractivity contribution is 14.0. The number of unbranched alkanes of at least 4 members (excludes halogenated alkanes) is 1. The summed E-state index contributed by atoms with van der Waals surface area (Å²) in [6, 6.07) is 5.38. The van der Waals surface area contributed by atoms with Gasteiger partial charge in [0.1, 0.15) is 5.82 Å². The highest BCUT2D eigenvalue weighted by Gasteiger charge is 2.15. The second-order valence-corrected chi connectivity index (χ2v) is 6.83. The van der Waals surface area contributed by atoms with Gasteiger partial charge in [-0.2, -0.15) is 0 Å². The lowest BCUT2D eigenvalue weighted by Gasteiger charge is -2.29.